The summed E-state index contributed by atoms with van der Waals surface area (Å²) >= 11 is 0. The lowest BCUT2D eigenvalue weighted by molar-refractivity contribution is 0.100. The minimum atomic E-state index is -0.985. The molecule has 0 aliphatic carbocycles. The highest BCUT2D eigenvalue weighted by atomic mass is 19.1. The van der Waals surface area contributed by atoms with Gasteiger partial charge in [0.25, 0.3) is 0 Å². The Balaban J connectivity index is 2.31. The molecule has 0 spiro atoms. The SMILES string of the molecule is CCCc1ccc(F)c(C(Cc2nnc(C)o2)OC(N)=O)c1. The number of hydrogen-bond acceptors (Lipinski definition) is 5. The number of hydrogen-bond donors (Lipinski definition) is 1. The van der Waals surface area contributed by atoms with E-state index in [1.54, 1.807) is 19.1 Å². The standard InChI is InChI=1S/C15H18FN3O3/c1-3-4-10-5-6-12(16)11(7-10)13(22-15(17)20)8-14-19-18-9(2)21-14/h5-7,13H,3-4,8H2,1-2H3,(H2,17,20). The molecule has 0 saturated carbocycles. The number of aromatic nitrogens is 2. The van der Waals surface area contributed by atoms with Crippen LogP contribution in [0, 0.1) is 12.7 Å². The highest BCUT2D eigenvalue weighted by Crippen LogP contribution is 2.26. The number of nitrogens with zero attached hydrogens (tertiary/aromatic N) is 2. The van der Waals surface area contributed by atoms with E-state index in [2.05, 4.69) is 10.2 Å². The maximum atomic E-state index is 14.1. The van der Waals surface area contributed by atoms with E-state index in [-0.39, 0.29) is 17.9 Å². The molecule has 2 rings (SSSR count). The molecule has 1 unspecified atom stereocenters. The van der Waals surface area contributed by atoms with E-state index >= 15 is 0 Å². The number of halogens is 1. The Morgan fingerprint density at radius 1 is 1.45 bits per heavy atom. The van der Waals surface area contributed by atoms with Crippen molar-refractivity contribution >= 4 is 6.09 Å². The Morgan fingerprint density at radius 3 is 2.82 bits per heavy atom. The van der Waals surface area contributed by atoms with Crippen LogP contribution in [0.5, 0.6) is 0 Å². The van der Waals surface area contributed by atoms with Gasteiger partial charge in [0.2, 0.25) is 11.8 Å². The molecular formula is C15H18FN3O3. The molecule has 0 aliphatic rings. The fourth-order valence-corrected chi connectivity index (χ4v) is 2.22. The molecule has 7 heteroatoms. The Kier molecular flexibility index (Phi) is 5.08. The molecule has 6 nitrogen and oxygen atoms in total. The van der Waals surface area contributed by atoms with Gasteiger partial charge in [-0.2, -0.15) is 0 Å². The number of nitrogens with two attached hydrogens (primary N) is 1. The molecule has 1 aromatic carbocycles. The largest absolute Gasteiger partial charge is 0.441 e. The second-order valence-electron chi connectivity index (χ2n) is 4.95. The van der Waals surface area contributed by atoms with Crippen molar-refractivity contribution in [3.05, 3.63) is 46.9 Å². The lowest BCUT2D eigenvalue weighted by Gasteiger charge is -2.17. The maximum absolute atomic E-state index is 14.1. The van der Waals surface area contributed by atoms with Crippen LogP contribution in [0.2, 0.25) is 0 Å². The summed E-state index contributed by atoms with van der Waals surface area (Å²) in [7, 11) is 0. The van der Waals surface area contributed by atoms with Crippen molar-refractivity contribution in [1.29, 1.82) is 0 Å². The molecule has 2 N–H and O–H groups in total. The molecule has 0 fully saturated rings. The van der Waals surface area contributed by atoms with Crippen molar-refractivity contribution in [2.45, 2.75) is 39.2 Å². The highest BCUT2D eigenvalue weighted by molar-refractivity contribution is 5.65. The minimum absolute atomic E-state index is 0.0658. The summed E-state index contributed by atoms with van der Waals surface area (Å²) in [5.41, 5.74) is 6.29. The third-order valence-corrected chi connectivity index (χ3v) is 3.13. The molecule has 1 atom stereocenters. The van der Waals surface area contributed by atoms with Crippen molar-refractivity contribution in [3.63, 3.8) is 0 Å². The van der Waals surface area contributed by atoms with Gasteiger partial charge in [0.15, 0.2) is 0 Å². The van der Waals surface area contributed by atoms with E-state index in [4.69, 9.17) is 14.9 Å². The Bertz CT molecular complexity index is 657. The Labute approximate surface area is 127 Å². The first kappa shape index (κ1) is 15.9. The van der Waals surface area contributed by atoms with Gasteiger partial charge in [-0.25, -0.2) is 9.18 Å². The van der Waals surface area contributed by atoms with Gasteiger partial charge in [0.1, 0.15) is 11.9 Å². The molecule has 1 aromatic heterocycles. The number of primary amides is 1. The van der Waals surface area contributed by atoms with E-state index in [0.717, 1.165) is 18.4 Å². The van der Waals surface area contributed by atoms with E-state index in [0.29, 0.717) is 5.89 Å². The predicted octanol–water partition coefficient (Wildman–Crippen LogP) is 2.85. The molecule has 0 radical (unpaired) electrons. The number of aryl methyl sites for hydroxylation is 2. The molecule has 1 heterocycles. The summed E-state index contributed by atoms with van der Waals surface area (Å²) in [5, 5.41) is 7.54. The highest BCUT2D eigenvalue weighted by Gasteiger charge is 2.23. The lowest BCUT2D eigenvalue weighted by atomic mass is 10.0. The van der Waals surface area contributed by atoms with Crippen LogP contribution in [0.25, 0.3) is 0 Å². The first-order valence-electron chi connectivity index (χ1n) is 7.03. The monoisotopic (exact) mass is 307 g/mol. The molecule has 118 valence electrons. The first-order chi connectivity index (χ1) is 10.5. The van der Waals surface area contributed by atoms with Gasteiger partial charge in [0.05, 0.1) is 6.42 Å². The third-order valence-electron chi connectivity index (χ3n) is 3.13. The second kappa shape index (κ2) is 7.02. The number of benzene rings is 1. The smallest absolute Gasteiger partial charge is 0.405 e. The summed E-state index contributed by atoms with van der Waals surface area (Å²) in [4.78, 5) is 11.1. The molecule has 0 aliphatic heterocycles. The fraction of sp³-hybridized carbons (Fsp3) is 0.400. The quantitative estimate of drug-likeness (QED) is 0.886. The van der Waals surface area contributed by atoms with Crippen molar-refractivity contribution < 1.29 is 18.3 Å². The van der Waals surface area contributed by atoms with Crippen LogP contribution < -0.4 is 5.73 Å². The number of carbonyl (C=O) groups excluding carboxylic acids is 1. The maximum Gasteiger partial charge on any atom is 0.405 e. The number of ether oxygens (including phenoxy) is 1. The molecule has 2 aromatic rings. The van der Waals surface area contributed by atoms with Gasteiger partial charge in [-0.3, -0.25) is 0 Å². The van der Waals surface area contributed by atoms with E-state index in [9.17, 15) is 9.18 Å². The number of rotatable bonds is 6. The van der Waals surface area contributed by atoms with Crippen LogP contribution in [0.3, 0.4) is 0 Å². The number of amides is 1. The third kappa shape index (κ3) is 4.03. The zero-order valence-electron chi connectivity index (χ0n) is 12.5. The Hall–Kier alpha value is -2.44. The van der Waals surface area contributed by atoms with Gasteiger partial charge < -0.3 is 14.9 Å². The topological polar surface area (TPSA) is 91.2 Å². The second-order valence-corrected chi connectivity index (χ2v) is 4.95. The molecular weight excluding hydrogens is 289 g/mol. The summed E-state index contributed by atoms with van der Waals surface area (Å²) in [6.45, 7) is 3.67. The zero-order valence-corrected chi connectivity index (χ0v) is 12.5. The van der Waals surface area contributed by atoms with Crippen LogP contribution >= 0.6 is 0 Å². The van der Waals surface area contributed by atoms with Crippen LogP contribution in [-0.2, 0) is 17.6 Å². The van der Waals surface area contributed by atoms with Gasteiger partial charge in [-0.05, 0) is 24.1 Å². The van der Waals surface area contributed by atoms with Crippen LogP contribution in [0.15, 0.2) is 22.6 Å². The molecule has 0 bridgehead atoms. The zero-order chi connectivity index (χ0) is 16.1. The normalized spacial score (nSPS) is 12.1. The van der Waals surface area contributed by atoms with Crippen molar-refractivity contribution in [2.75, 3.05) is 0 Å². The summed E-state index contributed by atoms with van der Waals surface area (Å²) in [6, 6.07) is 4.74. The average Bonchev–Trinajstić information content (AvgIpc) is 2.85. The van der Waals surface area contributed by atoms with Gasteiger partial charge in [-0.1, -0.05) is 19.4 Å². The predicted molar refractivity (Wildman–Crippen MR) is 76.5 cm³/mol. The molecule has 22 heavy (non-hydrogen) atoms. The van der Waals surface area contributed by atoms with Gasteiger partial charge in [-0.15, -0.1) is 10.2 Å². The fourth-order valence-electron chi connectivity index (χ4n) is 2.22. The van der Waals surface area contributed by atoms with E-state index < -0.39 is 18.0 Å². The summed E-state index contributed by atoms with van der Waals surface area (Å²) in [6.07, 6.45) is -0.0994. The lowest BCUT2D eigenvalue weighted by Crippen LogP contribution is -2.20. The summed E-state index contributed by atoms with van der Waals surface area (Å²) in [5.74, 6) is 0.166. The molecule has 1 amide bonds. The minimum Gasteiger partial charge on any atom is -0.441 e. The Morgan fingerprint density at radius 2 is 2.23 bits per heavy atom. The van der Waals surface area contributed by atoms with Crippen molar-refractivity contribution in [1.82, 2.24) is 10.2 Å². The van der Waals surface area contributed by atoms with Gasteiger partial charge in [0, 0.05) is 12.5 Å². The van der Waals surface area contributed by atoms with Crippen LogP contribution in [0.4, 0.5) is 9.18 Å². The van der Waals surface area contributed by atoms with E-state index in [1.807, 2.05) is 6.92 Å². The van der Waals surface area contributed by atoms with Crippen LogP contribution in [0.1, 0.15) is 42.4 Å². The van der Waals surface area contributed by atoms with E-state index in [1.165, 1.54) is 6.07 Å². The average molecular weight is 307 g/mol. The first-order valence-corrected chi connectivity index (χ1v) is 7.03. The van der Waals surface area contributed by atoms with Crippen molar-refractivity contribution in [2.24, 2.45) is 5.73 Å². The van der Waals surface area contributed by atoms with Crippen molar-refractivity contribution in [3.8, 4) is 0 Å². The summed E-state index contributed by atoms with van der Waals surface area (Å²) < 4.78 is 24.4. The van der Waals surface area contributed by atoms with Crippen LogP contribution in [-0.4, -0.2) is 16.3 Å². The number of carbonyl (C=O) groups is 1. The molecule has 0 saturated heterocycles. The van der Waals surface area contributed by atoms with Gasteiger partial charge >= 0.3 is 6.09 Å².